The zero-order chi connectivity index (χ0) is 6.57. The minimum atomic E-state index is -2.24. The van der Waals surface area contributed by atoms with Gasteiger partial charge in [-0.3, -0.25) is 0 Å². The van der Waals surface area contributed by atoms with Crippen LogP contribution in [0, 0.1) is 5.63 Å². The zero-order valence-corrected chi connectivity index (χ0v) is 4.56. The molecule has 0 amide bonds. The molecule has 1 N–H and O–H groups in total. The van der Waals surface area contributed by atoms with Gasteiger partial charge in [-0.05, 0) is 0 Å². The van der Waals surface area contributed by atoms with Gasteiger partial charge in [0.25, 0.3) is 0 Å². The van der Waals surface area contributed by atoms with E-state index >= 15 is 0 Å². The predicted molar refractivity (Wildman–Crippen MR) is 24.0 cm³/mol. The van der Waals surface area contributed by atoms with Crippen molar-refractivity contribution in [3.63, 3.8) is 0 Å². The third kappa shape index (κ3) is 2.56. The summed E-state index contributed by atoms with van der Waals surface area (Å²) in [6.45, 7) is 0. The number of aliphatic carboxylic acids is 1. The van der Waals surface area contributed by atoms with Gasteiger partial charge in [-0.25, -0.2) is 0 Å². The Hall–Kier alpha value is -0.590. The van der Waals surface area contributed by atoms with Gasteiger partial charge >= 0.3 is 44.5 Å². The molecule has 0 fully saturated rings. The SMILES string of the molecule is O=P#C[C@H](F)C(=O)O. The monoisotopic (exact) mass is 136 g/mol. The van der Waals surface area contributed by atoms with Crippen molar-refractivity contribution in [2.24, 2.45) is 0 Å². The molecule has 0 radical (unpaired) electrons. The molecule has 0 heterocycles. The Balaban J connectivity index is 3.96. The number of carboxylic acids is 1. The molecule has 0 saturated heterocycles. The zero-order valence-electron chi connectivity index (χ0n) is 3.67. The van der Waals surface area contributed by atoms with Gasteiger partial charge in [0.05, 0.1) is 0 Å². The molecular weight excluding hydrogens is 134 g/mol. The Morgan fingerprint density at radius 1 is 1.88 bits per heavy atom. The Morgan fingerprint density at radius 3 is 2.50 bits per heavy atom. The summed E-state index contributed by atoms with van der Waals surface area (Å²) in [4.78, 5) is 9.51. The van der Waals surface area contributed by atoms with Crippen LogP contribution in [0.15, 0.2) is 0 Å². The fraction of sp³-hybridized carbons (Fsp3) is 0.333. The number of alkyl halides is 1. The maximum absolute atomic E-state index is 11.6. The molecule has 0 aromatic rings. The fourth-order valence-electron chi connectivity index (χ4n) is 0.101. The molecule has 8 heavy (non-hydrogen) atoms. The summed E-state index contributed by atoms with van der Waals surface area (Å²) in [6, 6.07) is 0. The van der Waals surface area contributed by atoms with Crippen LogP contribution in [0.2, 0.25) is 0 Å². The van der Waals surface area contributed by atoms with Gasteiger partial charge in [-0.15, -0.1) is 0 Å². The molecular formula is C3H2FO3P. The first-order valence-corrected chi connectivity index (χ1v) is 2.44. The molecule has 5 heteroatoms. The summed E-state index contributed by atoms with van der Waals surface area (Å²) in [5, 5.41) is 7.73. The standard InChI is InChI=1S/C3H2FO3P/c4-2(1-8-7)3(5)6/h2H,(H,5,6)/t2-/m0/s1. The van der Waals surface area contributed by atoms with Crippen LogP contribution in [0.5, 0.6) is 0 Å². The number of carbonyl (C=O) groups is 1. The quantitative estimate of drug-likeness (QED) is 0.538. The molecule has 0 unspecified atom stereocenters. The van der Waals surface area contributed by atoms with Crippen molar-refractivity contribution in [2.75, 3.05) is 0 Å². The molecule has 0 saturated carbocycles. The number of halogens is 1. The summed E-state index contributed by atoms with van der Waals surface area (Å²) in [5.41, 5.74) is 1.50. The Labute approximate surface area is 45.6 Å². The number of hydrogen-bond acceptors (Lipinski definition) is 2. The molecule has 0 bridgehead atoms. The Kier molecular flexibility index (Phi) is 3.16. The molecule has 44 valence electrons. The van der Waals surface area contributed by atoms with E-state index in [4.69, 9.17) is 5.11 Å². The first-order chi connectivity index (χ1) is 3.68. The summed E-state index contributed by atoms with van der Waals surface area (Å²) in [6.07, 6.45) is -2.24. The minimum absolute atomic E-state index is 0.721. The molecule has 0 aromatic carbocycles. The summed E-state index contributed by atoms with van der Waals surface area (Å²) < 4.78 is 21.0. The second-order valence-corrected chi connectivity index (χ2v) is 1.36. The molecule has 0 rings (SSSR count). The second-order valence-electron chi connectivity index (χ2n) is 0.921. The average molecular weight is 136 g/mol. The van der Waals surface area contributed by atoms with Crippen molar-refractivity contribution >= 4 is 13.9 Å². The van der Waals surface area contributed by atoms with Crippen molar-refractivity contribution in [1.82, 2.24) is 0 Å². The van der Waals surface area contributed by atoms with E-state index in [-0.39, 0.29) is 0 Å². The van der Waals surface area contributed by atoms with Gasteiger partial charge in [0.2, 0.25) is 0 Å². The Morgan fingerprint density at radius 2 is 2.38 bits per heavy atom. The fourth-order valence-corrected chi connectivity index (χ4v) is 0.304. The number of rotatable bonds is 1. The average Bonchev–Trinajstić information content (AvgIpc) is 1.67. The van der Waals surface area contributed by atoms with E-state index in [1.165, 1.54) is 5.63 Å². The summed E-state index contributed by atoms with van der Waals surface area (Å²) in [7, 11) is -0.721. The normalized spacial score (nSPS) is 11.6. The van der Waals surface area contributed by atoms with Gasteiger partial charge in [-0.2, -0.15) is 0 Å². The first-order valence-electron chi connectivity index (χ1n) is 1.63. The van der Waals surface area contributed by atoms with Gasteiger partial charge in [0, 0.05) is 0 Å². The van der Waals surface area contributed by atoms with Crippen LogP contribution in [-0.4, -0.2) is 17.2 Å². The topological polar surface area (TPSA) is 54.4 Å². The van der Waals surface area contributed by atoms with Crippen LogP contribution in [0.1, 0.15) is 0 Å². The molecule has 0 aliphatic rings. The summed E-state index contributed by atoms with van der Waals surface area (Å²) in [5.74, 6) is -1.67. The third-order valence-corrected chi connectivity index (χ3v) is 0.715. The maximum atomic E-state index is 11.6. The van der Waals surface area contributed by atoms with Crippen LogP contribution < -0.4 is 0 Å². The third-order valence-electron chi connectivity index (χ3n) is 0.383. The van der Waals surface area contributed by atoms with Crippen molar-refractivity contribution in [3.05, 3.63) is 0 Å². The molecule has 0 aromatic heterocycles. The van der Waals surface area contributed by atoms with Crippen molar-refractivity contribution in [3.8, 4) is 5.63 Å². The van der Waals surface area contributed by atoms with E-state index in [0.717, 1.165) is 0 Å². The second kappa shape index (κ2) is 3.42. The van der Waals surface area contributed by atoms with Gasteiger partial charge in [-0.1, -0.05) is 0 Å². The van der Waals surface area contributed by atoms with E-state index in [2.05, 4.69) is 0 Å². The van der Waals surface area contributed by atoms with Gasteiger partial charge < -0.3 is 0 Å². The van der Waals surface area contributed by atoms with Gasteiger partial charge in [0.15, 0.2) is 0 Å². The van der Waals surface area contributed by atoms with E-state index in [9.17, 15) is 13.8 Å². The Bertz CT molecular complexity index is 182. The van der Waals surface area contributed by atoms with Crippen molar-refractivity contribution < 1.29 is 18.9 Å². The predicted octanol–water partition coefficient (Wildman–Crippen LogP) is 0.660. The van der Waals surface area contributed by atoms with Gasteiger partial charge in [0.1, 0.15) is 0 Å². The molecule has 0 aliphatic carbocycles. The summed E-state index contributed by atoms with van der Waals surface area (Å²) >= 11 is 0. The van der Waals surface area contributed by atoms with Crippen molar-refractivity contribution in [2.45, 2.75) is 6.17 Å². The van der Waals surface area contributed by atoms with Crippen LogP contribution in [0.25, 0.3) is 0 Å². The first kappa shape index (κ1) is 7.41. The van der Waals surface area contributed by atoms with Crippen LogP contribution >= 0.6 is 7.92 Å². The number of hydrogen-bond donors (Lipinski definition) is 1. The molecule has 3 nitrogen and oxygen atoms in total. The number of carboxylic acid groups (broad SMARTS) is 1. The molecule has 0 spiro atoms. The van der Waals surface area contributed by atoms with E-state index in [1.807, 2.05) is 0 Å². The molecule has 0 aliphatic heterocycles. The van der Waals surface area contributed by atoms with E-state index < -0.39 is 20.1 Å². The van der Waals surface area contributed by atoms with Crippen LogP contribution in [0.4, 0.5) is 4.39 Å². The van der Waals surface area contributed by atoms with Crippen LogP contribution in [0.3, 0.4) is 0 Å². The van der Waals surface area contributed by atoms with Crippen LogP contribution in [-0.2, 0) is 9.36 Å². The molecule has 1 atom stereocenters. The van der Waals surface area contributed by atoms with E-state index in [0.29, 0.717) is 0 Å². The van der Waals surface area contributed by atoms with Crippen molar-refractivity contribution in [1.29, 1.82) is 0 Å². The van der Waals surface area contributed by atoms with E-state index in [1.54, 1.807) is 0 Å².